The number of benzene rings is 2. The van der Waals surface area contributed by atoms with E-state index in [0.717, 1.165) is 30.8 Å². The number of para-hydroxylation sites is 2. The van der Waals surface area contributed by atoms with E-state index in [-0.39, 0.29) is 6.10 Å². The molecule has 6 nitrogen and oxygen atoms in total. The molecule has 2 aromatic rings. The van der Waals surface area contributed by atoms with E-state index in [1.807, 2.05) is 36.4 Å². The SMILES string of the molecule is COC(=O)c1ccccc1NC(=S)N(Cc1ccccc1OC)CC1CCCO1. The largest absolute Gasteiger partial charge is 0.496 e. The van der Waals surface area contributed by atoms with Gasteiger partial charge in [0.15, 0.2) is 5.11 Å². The molecule has 7 heteroatoms. The summed E-state index contributed by atoms with van der Waals surface area (Å²) < 4.78 is 16.2. The Kier molecular flexibility index (Phi) is 7.43. The quantitative estimate of drug-likeness (QED) is 0.545. The molecule has 1 unspecified atom stereocenters. The Balaban J connectivity index is 1.82. The number of esters is 1. The number of rotatable bonds is 7. The fourth-order valence-electron chi connectivity index (χ4n) is 3.37. The topological polar surface area (TPSA) is 60.0 Å². The standard InChI is InChI=1S/C22H26N2O4S/c1-26-20-12-6-3-8-16(20)14-24(15-17-9-7-13-28-17)22(29)23-19-11-5-4-10-18(19)21(25)27-2/h3-6,8,10-12,17H,7,9,13-15H2,1-2H3,(H,23,29). The van der Waals surface area contributed by atoms with E-state index >= 15 is 0 Å². The van der Waals surface area contributed by atoms with Crippen LogP contribution in [0.2, 0.25) is 0 Å². The van der Waals surface area contributed by atoms with Crippen LogP contribution in [0, 0.1) is 0 Å². The third-order valence-corrected chi connectivity index (χ3v) is 5.22. The molecule has 1 aliphatic heterocycles. The number of hydrogen-bond donors (Lipinski definition) is 1. The molecule has 0 spiro atoms. The van der Waals surface area contributed by atoms with Crippen LogP contribution in [0.25, 0.3) is 0 Å². The van der Waals surface area contributed by atoms with Crippen molar-refractivity contribution in [1.82, 2.24) is 4.90 Å². The van der Waals surface area contributed by atoms with Crippen molar-refractivity contribution >= 4 is 29.0 Å². The monoisotopic (exact) mass is 414 g/mol. The van der Waals surface area contributed by atoms with Crippen molar-refractivity contribution in [3.05, 3.63) is 59.7 Å². The predicted octanol–water partition coefficient (Wildman–Crippen LogP) is 3.86. The molecule has 0 saturated carbocycles. The third kappa shape index (κ3) is 5.46. The van der Waals surface area contributed by atoms with Crippen molar-refractivity contribution < 1.29 is 19.0 Å². The lowest BCUT2D eigenvalue weighted by atomic mass is 10.1. The Morgan fingerprint density at radius 1 is 1.21 bits per heavy atom. The molecule has 2 aromatic carbocycles. The van der Waals surface area contributed by atoms with Crippen LogP contribution in [0.1, 0.15) is 28.8 Å². The number of carbonyl (C=O) groups is 1. The van der Waals surface area contributed by atoms with Gasteiger partial charge in [-0.15, -0.1) is 0 Å². The summed E-state index contributed by atoms with van der Waals surface area (Å²) in [5.74, 6) is 0.397. The van der Waals surface area contributed by atoms with Gasteiger partial charge in [0.25, 0.3) is 0 Å². The van der Waals surface area contributed by atoms with E-state index in [0.29, 0.717) is 29.5 Å². The minimum Gasteiger partial charge on any atom is -0.496 e. The van der Waals surface area contributed by atoms with Gasteiger partial charge in [0.05, 0.1) is 31.6 Å². The molecule has 0 amide bonds. The van der Waals surface area contributed by atoms with Crippen LogP contribution >= 0.6 is 12.2 Å². The number of nitrogens with zero attached hydrogens (tertiary/aromatic N) is 1. The van der Waals surface area contributed by atoms with Crippen LogP contribution in [0.15, 0.2) is 48.5 Å². The fourth-order valence-corrected chi connectivity index (χ4v) is 3.62. The van der Waals surface area contributed by atoms with Crippen molar-refractivity contribution in [2.75, 3.05) is 32.7 Å². The van der Waals surface area contributed by atoms with Crippen LogP contribution < -0.4 is 10.1 Å². The molecule has 1 aliphatic rings. The zero-order valence-electron chi connectivity index (χ0n) is 16.7. The smallest absolute Gasteiger partial charge is 0.339 e. The van der Waals surface area contributed by atoms with E-state index in [9.17, 15) is 4.79 Å². The summed E-state index contributed by atoms with van der Waals surface area (Å²) >= 11 is 5.72. The van der Waals surface area contributed by atoms with Crippen molar-refractivity contribution in [1.29, 1.82) is 0 Å². The summed E-state index contributed by atoms with van der Waals surface area (Å²) in [5, 5.41) is 3.73. The van der Waals surface area contributed by atoms with Gasteiger partial charge < -0.3 is 24.4 Å². The Morgan fingerprint density at radius 2 is 1.97 bits per heavy atom. The first-order chi connectivity index (χ1) is 14.1. The van der Waals surface area contributed by atoms with Crippen molar-refractivity contribution in [2.45, 2.75) is 25.5 Å². The highest BCUT2D eigenvalue weighted by Gasteiger charge is 2.23. The molecule has 29 heavy (non-hydrogen) atoms. The Bertz CT molecular complexity index is 852. The van der Waals surface area contributed by atoms with Gasteiger partial charge in [0.1, 0.15) is 5.75 Å². The van der Waals surface area contributed by atoms with Crippen LogP contribution in [-0.4, -0.2) is 49.5 Å². The van der Waals surface area contributed by atoms with E-state index in [1.54, 1.807) is 19.2 Å². The van der Waals surface area contributed by atoms with E-state index in [1.165, 1.54) is 7.11 Å². The Morgan fingerprint density at radius 3 is 2.69 bits per heavy atom. The number of thiocarbonyl (C=S) groups is 1. The number of anilines is 1. The first kappa shape index (κ1) is 21.1. The van der Waals surface area contributed by atoms with Gasteiger partial charge in [0, 0.05) is 25.3 Å². The summed E-state index contributed by atoms with van der Waals surface area (Å²) in [6.45, 7) is 2.00. The minimum absolute atomic E-state index is 0.125. The summed E-state index contributed by atoms with van der Waals surface area (Å²) in [5.41, 5.74) is 2.08. The fraction of sp³-hybridized carbons (Fsp3) is 0.364. The maximum absolute atomic E-state index is 12.1. The maximum Gasteiger partial charge on any atom is 0.339 e. The molecule has 1 heterocycles. The van der Waals surface area contributed by atoms with Crippen LogP contribution in [0.5, 0.6) is 5.75 Å². The summed E-state index contributed by atoms with van der Waals surface area (Å²) in [7, 11) is 3.02. The molecule has 1 fully saturated rings. The zero-order chi connectivity index (χ0) is 20.6. The average Bonchev–Trinajstić information content (AvgIpc) is 3.26. The average molecular weight is 415 g/mol. The zero-order valence-corrected chi connectivity index (χ0v) is 17.5. The highest BCUT2D eigenvalue weighted by atomic mass is 32.1. The number of nitrogens with one attached hydrogen (secondary N) is 1. The first-order valence-electron chi connectivity index (χ1n) is 9.59. The molecular formula is C22H26N2O4S. The molecule has 154 valence electrons. The lowest BCUT2D eigenvalue weighted by Crippen LogP contribution is -2.39. The molecule has 0 aromatic heterocycles. The highest BCUT2D eigenvalue weighted by molar-refractivity contribution is 7.80. The summed E-state index contributed by atoms with van der Waals surface area (Å²) in [4.78, 5) is 14.1. The van der Waals surface area contributed by atoms with Crippen LogP contribution in [0.3, 0.4) is 0 Å². The third-order valence-electron chi connectivity index (χ3n) is 4.86. The van der Waals surface area contributed by atoms with Crippen molar-refractivity contribution in [2.24, 2.45) is 0 Å². The lowest BCUT2D eigenvalue weighted by Gasteiger charge is -2.29. The maximum atomic E-state index is 12.1. The second-order valence-corrected chi connectivity index (χ2v) is 7.18. The molecule has 1 saturated heterocycles. The number of carbonyl (C=O) groups excluding carboxylic acids is 1. The van der Waals surface area contributed by atoms with Gasteiger partial charge in [-0.2, -0.15) is 0 Å². The summed E-state index contributed by atoms with van der Waals surface area (Å²) in [6.07, 6.45) is 2.18. The lowest BCUT2D eigenvalue weighted by molar-refractivity contribution is 0.0602. The van der Waals surface area contributed by atoms with Crippen LogP contribution in [-0.2, 0) is 16.0 Å². The second kappa shape index (κ2) is 10.2. The molecule has 1 N–H and O–H groups in total. The number of ether oxygens (including phenoxy) is 3. The van der Waals surface area contributed by atoms with E-state index in [4.69, 9.17) is 26.4 Å². The molecule has 0 radical (unpaired) electrons. The molecule has 3 rings (SSSR count). The minimum atomic E-state index is -0.411. The molecule has 0 bridgehead atoms. The van der Waals surface area contributed by atoms with Gasteiger partial charge in [-0.05, 0) is 43.3 Å². The Hall–Kier alpha value is -2.64. The van der Waals surface area contributed by atoms with Gasteiger partial charge in [0.2, 0.25) is 0 Å². The normalized spacial score (nSPS) is 15.6. The van der Waals surface area contributed by atoms with Crippen molar-refractivity contribution in [3.8, 4) is 5.75 Å². The van der Waals surface area contributed by atoms with Gasteiger partial charge in [-0.3, -0.25) is 0 Å². The molecule has 0 aliphatic carbocycles. The summed E-state index contributed by atoms with van der Waals surface area (Å²) in [6, 6.07) is 15.0. The van der Waals surface area contributed by atoms with Gasteiger partial charge >= 0.3 is 5.97 Å². The number of methoxy groups -OCH3 is 2. The number of hydrogen-bond acceptors (Lipinski definition) is 5. The van der Waals surface area contributed by atoms with Gasteiger partial charge in [-0.1, -0.05) is 30.3 Å². The van der Waals surface area contributed by atoms with Crippen molar-refractivity contribution in [3.63, 3.8) is 0 Å². The van der Waals surface area contributed by atoms with E-state index in [2.05, 4.69) is 10.2 Å². The highest BCUT2D eigenvalue weighted by Crippen LogP contribution is 2.23. The van der Waals surface area contributed by atoms with Gasteiger partial charge in [-0.25, -0.2) is 4.79 Å². The second-order valence-electron chi connectivity index (χ2n) is 6.79. The molecule has 1 atom stereocenters. The Labute approximate surface area is 176 Å². The van der Waals surface area contributed by atoms with E-state index < -0.39 is 5.97 Å². The first-order valence-corrected chi connectivity index (χ1v) is 10.00. The predicted molar refractivity (Wildman–Crippen MR) is 116 cm³/mol. The molecular weight excluding hydrogens is 388 g/mol. The van der Waals surface area contributed by atoms with Crippen LogP contribution in [0.4, 0.5) is 5.69 Å².